The van der Waals surface area contributed by atoms with E-state index in [9.17, 15) is 9.46 Å². The first kappa shape index (κ1) is 13.7. The van der Waals surface area contributed by atoms with Crippen molar-refractivity contribution in [2.75, 3.05) is 5.73 Å². The van der Waals surface area contributed by atoms with Crippen LogP contribution in [0.25, 0.3) is 0 Å². The van der Waals surface area contributed by atoms with Crippen LogP contribution in [0, 0.1) is 0 Å². The summed E-state index contributed by atoms with van der Waals surface area (Å²) in [6, 6.07) is 4.79. The molecule has 0 heterocycles. The van der Waals surface area contributed by atoms with Gasteiger partial charge in [-0.2, -0.15) is 0 Å². The predicted molar refractivity (Wildman–Crippen MR) is 68.9 cm³/mol. The van der Waals surface area contributed by atoms with Crippen LogP contribution in [0.4, 0.5) is 5.69 Å². The fourth-order valence-electron chi connectivity index (χ4n) is 1.14. The van der Waals surface area contributed by atoms with Gasteiger partial charge >= 0.3 is 7.60 Å². The van der Waals surface area contributed by atoms with Gasteiger partial charge in [0.05, 0.1) is 11.4 Å². The van der Waals surface area contributed by atoms with Crippen molar-refractivity contribution < 1.29 is 14.0 Å². The van der Waals surface area contributed by atoms with E-state index in [1.165, 1.54) is 6.07 Å². The molecular formula is C10H15BrNO3P. The summed E-state index contributed by atoms with van der Waals surface area (Å²) < 4.78 is 17.8. The zero-order valence-electron chi connectivity index (χ0n) is 9.18. The lowest BCUT2D eigenvalue weighted by atomic mass is 10.3. The predicted octanol–water partition coefficient (Wildman–Crippen LogP) is 2.66. The van der Waals surface area contributed by atoms with E-state index in [-0.39, 0.29) is 17.1 Å². The minimum absolute atomic E-state index is 0.141. The largest absolute Gasteiger partial charge is 0.398 e. The van der Waals surface area contributed by atoms with Crippen molar-refractivity contribution in [1.82, 2.24) is 0 Å². The Morgan fingerprint density at radius 1 is 1.62 bits per heavy atom. The number of hydrogen-bond acceptors (Lipinski definition) is 3. The Labute approximate surface area is 103 Å². The summed E-state index contributed by atoms with van der Waals surface area (Å²) in [6.07, 6.45) is 0.382. The molecule has 0 bridgehead atoms. The van der Waals surface area contributed by atoms with Crippen molar-refractivity contribution in [2.24, 2.45) is 0 Å². The van der Waals surface area contributed by atoms with Gasteiger partial charge < -0.3 is 15.2 Å². The lowest BCUT2D eigenvalue weighted by Crippen LogP contribution is -2.16. The van der Waals surface area contributed by atoms with Crippen molar-refractivity contribution >= 4 is 34.5 Å². The number of rotatable bonds is 4. The maximum Gasteiger partial charge on any atom is 0.361 e. The smallest absolute Gasteiger partial charge is 0.361 e. The average molecular weight is 308 g/mol. The zero-order chi connectivity index (χ0) is 12.3. The molecule has 0 aliphatic carbocycles. The van der Waals surface area contributed by atoms with Crippen LogP contribution in [0.2, 0.25) is 0 Å². The fourth-order valence-corrected chi connectivity index (χ4v) is 3.13. The summed E-state index contributed by atoms with van der Waals surface area (Å²) in [5.41, 5.74) is 5.92. The number of nitrogens with two attached hydrogens (primary N) is 1. The lowest BCUT2D eigenvalue weighted by molar-refractivity contribution is 0.192. The third-order valence-corrected chi connectivity index (χ3v) is 4.33. The van der Waals surface area contributed by atoms with Crippen LogP contribution in [-0.2, 0) is 9.09 Å². The van der Waals surface area contributed by atoms with Crippen molar-refractivity contribution in [2.45, 2.75) is 26.4 Å². The molecule has 4 nitrogen and oxygen atoms in total. The molecule has 0 aromatic heterocycles. The Kier molecular flexibility index (Phi) is 4.56. The highest BCUT2D eigenvalue weighted by atomic mass is 79.9. The van der Waals surface area contributed by atoms with Crippen LogP contribution in [-0.4, -0.2) is 11.0 Å². The first-order valence-electron chi connectivity index (χ1n) is 4.93. The van der Waals surface area contributed by atoms with Crippen LogP contribution in [0.3, 0.4) is 0 Å². The second-order valence-corrected chi connectivity index (χ2v) is 6.20. The van der Waals surface area contributed by atoms with E-state index < -0.39 is 7.60 Å². The van der Waals surface area contributed by atoms with Gasteiger partial charge in [0.25, 0.3) is 0 Å². The van der Waals surface area contributed by atoms with Crippen LogP contribution in [0.15, 0.2) is 22.7 Å². The van der Waals surface area contributed by atoms with Crippen LogP contribution < -0.4 is 11.0 Å². The third kappa shape index (κ3) is 3.32. The molecular weight excluding hydrogens is 293 g/mol. The third-order valence-electron chi connectivity index (χ3n) is 2.19. The molecule has 0 spiro atoms. The Morgan fingerprint density at radius 3 is 2.81 bits per heavy atom. The molecule has 0 saturated heterocycles. The number of nitrogen functional groups attached to an aromatic ring is 1. The van der Waals surface area contributed by atoms with Gasteiger partial charge in [0.15, 0.2) is 0 Å². The second-order valence-electron chi connectivity index (χ2n) is 3.55. The average Bonchev–Trinajstić information content (AvgIpc) is 2.20. The molecule has 2 unspecified atom stereocenters. The summed E-state index contributed by atoms with van der Waals surface area (Å²) in [4.78, 5) is 9.83. The van der Waals surface area contributed by atoms with Crippen LogP contribution in [0.1, 0.15) is 20.3 Å². The molecule has 6 heteroatoms. The van der Waals surface area contributed by atoms with E-state index in [0.29, 0.717) is 10.9 Å². The van der Waals surface area contributed by atoms with Gasteiger partial charge in [0, 0.05) is 10.2 Å². The van der Waals surface area contributed by atoms with E-state index in [1.807, 2.05) is 6.92 Å². The Balaban J connectivity index is 3.06. The van der Waals surface area contributed by atoms with Gasteiger partial charge in [-0.05, 0) is 31.5 Å². The monoisotopic (exact) mass is 307 g/mol. The molecule has 0 radical (unpaired) electrons. The molecule has 0 aliphatic heterocycles. The first-order chi connectivity index (χ1) is 7.36. The molecule has 90 valence electrons. The molecule has 0 amide bonds. The molecule has 1 rings (SSSR count). The first-order valence-corrected chi connectivity index (χ1v) is 7.30. The van der Waals surface area contributed by atoms with E-state index in [4.69, 9.17) is 10.3 Å². The molecule has 0 fully saturated rings. The molecule has 2 atom stereocenters. The molecule has 0 aliphatic rings. The highest BCUT2D eigenvalue weighted by Gasteiger charge is 2.27. The van der Waals surface area contributed by atoms with Crippen molar-refractivity contribution in [3.05, 3.63) is 22.7 Å². The quantitative estimate of drug-likeness (QED) is 0.662. The van der Waals surface area contributed by atoms with Gasteiger partial charge in [-0.1, -0.05) is 22.9 Å². The number of benzene rings is 1. The molecule has 16 heavy (non-hydrogen) atoms. The highest BCUT2D eigenvalue weighted by Crippen LogP contribution is 2.44. The van der Waals surface area contributed by atoms with E-state index >= 15 is 0 Å². The number of anilines is 1. The van der Waals surface area contributed by atoms with Gasteiger partial charge in [0.2, 0.25) is 0 Å². The number of hydrogen-bond donors (Lipinski definition) is 2. The Hall–Kier alpha value is -0.350. The lowest BCUT2D eigenvalue weighted by Gasteiger charge is -2.18. The minimum Gasteiger partial charge on any atom is -0.398 e. The number of halogens is 1. The molecule has 3 N–H and O–H groups in total. The normalized spacial score (nSPS) is 16.8. The van der Waals surface area contributed by atoms with Gasteiger partial charge in [0.1, 0.15) is 0 Å². The topological polar surface area (TPSA) is 72.5 Å². The summed E-state index contributed by atoms with van der Waals surface area (Å²) in [7, 11) is -3.84. The standard InChI is InChI=1S/C10H15BrNO3P/c1-3-7(2)15-16(13,14)10-6-8(11)4-5-9(10)12/h4-7H,3,12H2,1-2H3,(H,13,14). The maximum atomic E-state index is 12.0. The molecule has 1 aromatic carbocycles. The summed E-state index contributed by atoms with van der Waals surface area (Å²) in [6.45, 7) is 3.63. The van der Waals surface area contributed by atoms with Crippen molar-refractivity contribution in [3.8, 4) is 0 Å². The highest BCUT2D eigenvalue weighted by molar-refractivity contribution is 9.10. The summed E-state index contributed by atoms with van der Waals surface area (Å²) in [5.74, 6) is 0. The van der Waals surface area contributed by atoms with Crippen molar-refractivity contribution in [1.29, 1.82) is 0 Å². The van der Waals surface area contributed by atoms with E-state index in [2.05, 4.69) is 15.9 Å². The summed E-state index contributed by atoms with van der Waals surface area (Å²) in [5, 5.41) is 0.141. The maximum absolute atomic E-state index is 12.0. The minimum atomic E-state index is -3.84. The summed E-state index contributed by atoms with van der Waals surface area (Å²) >= 11 is 3.23. The van der Waals surface area contributed by atoms with Gasteiger partial charge in [-0.25, -0.2) is 0 Å². The van der Waals surface area contributed by atoms with E-state index in [0.717, 1.165) is 0 Å². The fraction of sp³-hybridized carbons (Fsp3) is 0.400. The van der Waals surface area contributed by atoms with Crippen LogP contribution >= 0.6 is 23.5 Å². The Morgan fingerprint density at radius 2 is 2.25 bits per heavy atom. The Bertz CT molecular complexity index is 425. The van der Waals surface area contributed by atoms with Crippen molar-refractivity contribution in [3.63, 3.8) is 0 Å². The van der Waals surface area contributed by atoms with Gasteiger partial charge in [-0.3, -0.25) is 4.57 Å². The van der Waals surface area contributed by atoms with E-state index in [1.54, 1.807) is 19.1 Å². The van der Waals surface area contributed by atoms with Crippen LogP contribution in [0.5, 0.6) is 0 Å². The SMILES string of the molecule is CCC(C)OP(=O)(O)c1cc(Br)ccc1N. The zero-order valence-corrected chi connectivity index (χ0v) is 11.7. The van der Waals surface area contributed by atoms with Gasteiger partial charge in [-0.15, -0.1) is 0 Å². The molecule has 1 aromatic rings. The molecule has 0 saturated carbocycles. The second kappa shape index (κ2) is 5.32.